The highest BCUT2D eigenvalue weighted by Gasteiger charge is 2.50. The molecule has 0 aliphatic carbocycles. The van der Waals surface area contributed by atoms with E-state index in [1.54, 1.807) is 12.7 Å². The van der Waals surface area contributed by atoms with Crippen molar-refractivity contribution < 1.29 is 4.79 Å². The molecule has 1 aromatic rings. The highest BCUT2D eigenvalue weighted by Crippen LogP contribution is 2.46. The quantitative estimate of drug-likeness (QED) is 0.680. The monoisotopic (exact) mass is 224 g/mol. The predicted molar refractivity (Wildman–Crippen MR) is 56.1 cm³/mol. The fraction of sp³-hybridized carbons (Fsp3) is 0.667. The normalized spacial score (nSPS) is 34.1. The van der Waals surface area contributed by atoms with Crippen molar-refractivity contribution in [3.05, 3.63) is 12.7 Å². The first-order valence-electron chi connectivity index (χ1n) is 4.96. The van der Waals surface area contributed by atoms with Gasteiger partial charge in [0.25, 0.3) is 0 Å². The van der Waals surface area contributed by atoms with E-state index in [0.29, 0.717) is 11.8 Å². The smallest absolute Gasteiger partial charge is 0.226 e. The van der Waals surface area contributed by atoms with Gasteiger partial charge in [0.1, 0.15) is 12.7 Å². The molecule has 3 rings (SSSR count). The van der Waals surface area contributed by atoms with Crippen LogP contribution in [-0.4, -0.2) is 42.2 Å². The van der Waals surface area contributed by atoms with Gasteiger partial charge in [0.2, 0.25) is 5.91 Å². The molecule has 2 atom stereocenters. The van der Waals surface area contributed by atoms with Crippen LogP contribution >= 0.6 is 11.8 Å². The lowest BCUT2D eigenvalue weighted by Crippen LogP contribution is -2.48. The molecule has 2 saturated heterocycles. The molecule has 80 valence electrons. The first-order chi connectivity index (χ1) is 7.16. The zero-order valence-corrected chi connectivity index (χ0v) is 9.28. The number of carbonyl (C=O) groups excluding carboxylic acids is 1. The molecule has 0 spiro atoms. The van der Waals surface area contributed by atoms with E-state index in [1.165, 1.54) is 0 Å². The van der Waals surface area contributed by atoms with Gasteiger partial charge in [-0.25, -0.2) is 4.98 Å². The van der Waals surface area contributed by atoms with Gasteiger partial charge in [-0.2, -0.15) is 5.10 Å². The molecule has 1 aromatic heterocycles. The Morgan fingerprint density at radius 2 is 2.60 bits per heavy atom. The number of aromatic nitrogens is 3. The van der Waals surface area contributed by atoms with E-state index >= 15 is 0 Å². The van der Waals surface area contributed by atoms with Gasteiger partial charge in [0.15, 0.2) is 0 Å². The van der Waals surface area contributed by atoms with Gasteiger partial charge >= 0.3 is 0 Å². The van der Waals surface area contributed by atoms with Gasteiger partial charge in [0.05, 0.1) is 23.1 Å². The van der Waals surface area contributed by atoms with E-state index in [9.17, 15) is 4.79 Å². The molecule has 2 unspecified atom stereocenters. The molecule has 2 aliphatic rings. The van der Waals surface area contributed by atoms with Gasteiger partial charge < -0.3 is 4.90 Å². The van der Waals surface area contributed by atoms with Crippen LogP contribution in [0.1, 0.15) is 13.3 Å². The minimum absolute atomic E-state index is 0.0878. The van der Waals surface area contributed by atoms with Crippen molar-refractivity contribution in [3.63, 3.8) is 0 Å². The van der Waals surface area contributed by atoms with Crippen LogP contribution in [0.15, 0.2) is 12.7 Å². The van der Waals surface area contributed by atoms with Crippen LogP contribution in [0.4, 0.5) is 0 Å². The number of fused-ring (bicyclic) bond motifs is 1. The van der Waals surface area contributed by atoms with E-state index in [-0.39, 0.29) is 10.7 Å². The van der Waals surface area contributed by atoms with Gasteiger partial charge in [0, 0.05) is 6.54 Å². The van der Waals surface area contributed by atoms with Gasteiger partial charge in [-0.15, -0.1) is 11.8 Å². The largest absolute Gasteiger partial charge is 0.329 e. The van der Waals surface area contributed by atoms with E-state index in [1.807, 2.05) is 21.3 Å². The Morgan fingerprint density at radius 3 is 3.20 bits per heavy atom. The summed E-state index contributed by atoms with van der Waals surface area (Å²) in [6.07, 6.45) is 3.98. The van der Waals surface area contributed by atoms with Crippen molar-refractivity contribution >= 4 is 17.7 Å². The van der Waals surface area contributed by atoms with Crippen LogP contribution in [0.5, 0.6) is 0 Å². The summed E-state index contributed by atoms with van der Waals surface area (Å²) in [6, 6.07) is 0. The average molecular weight is 224 g/mol. The molecule has 0 aromatic carbocycles. The molecule has 0 saturated carbocycles. The number of hydrogen-bond acceptors (Lipinski definition) is 4. The second-order valence-corrected chi connectivity index (χ2v) is 6.11. The van der Waals surface area contributed by atoms with Crippen molar-refractivity contribution in [2.75, 3.05) is 6.54 Å². The van der Waals surface area contributed by atoms with Crippen LogP contribution < -0.4 is 0 Å². The summed E-state index contributed by atoms with van der Waals surface area (Å²) in [5, 5.41) is 4.51. The fourth-order valence-corrected chi connectivity index (χ4v) is 3.81. The summed E-state index contributed by atoms with van der Waals surface area (Å²) >= 11 is 1.88. The van der Waals surface area contributed by atoms with E-state index in [2.05, 4.69) is 17.0 Å². The summed E-state index contributed by atoms with van der Waals surface area (Å²) in [7, 11) is 0. The first kappa shape index (κ1) is 9.21. The second-order valence-electron chi connectivity index (χ2n) is 4.34. The third-order valence-corrected chi connectivity index (χ3v) is 4.43. The van der Waals surface area contributed by atoms with Gasteiger partial charge in [-0.1, -0.05) is 0 Å². The molecular weight excluding hydrogens is 212 g/mol. The van der Waals surface area contributed by atoms with Crippen LogP contribution in [0.2, 0.25) is 0 Å². The standard InChI is InChI=1S/C9H12N4OS/c1-9(3-12-6-10-5-11-12)4-13-7(14)2-8(13)15-9/h5-6,8H,2-4H2,1H3. The topological polar surface area (TPSA) is 51.0 Å². The Morgan fingerprint density at radius 1 is 1.73 bits per heavy atom. The third-order valence-electron chi connectivity index (χ3n) is 2.91. The molecule has 6 heteroatoms. The zero-order chi connectivity index (χ0) is 10.5. The van der Waals surface area contributed by atoms with Crippen molar-refractivity contribution in [1.29, 1.82) is 0 Å². The number of rotatable bonds is 2. The second kappa shape index (κ2) is 2.98. The van der Waals surface area contributed by atoms with Crippen molar-refractivity contribution in [2.24, 2.45) is 0 Å². The summed E-state index contributed by atoms with van der Waals surface area (Å²) in [5.74, 6) is 0.287. The Bertz CT molecular complexity index is 393. The molecule has 0 bridgehead atoms. The third kappa shape index (κ3) is 1.43. The Labute approximate surface area is 91.8 Å². The van der Waals surface area contributed by atoms with Crippen LogP contribution in [0.3, 0.4) is 0 Å². The van der Waals surface area contributed by atoms with E-state index in [0.717, 1.165) is 13.1 Å². The maximum absolute atomic E-state index is 11.3. The van der Waals surface area contributed by atoms with Gasteiger partial charge in [-0.3, -0.25) is 9.48 Å². The summed E-state index contributed by atoms with van der Waals surface area (Å²) in [6.45, 7) is 3.84. The number of nitrogens with zero attached hydrogens (tertiary/aromatic N) is 4. The summed E-state index contributed by atoms with van der Waals surface area (Å²) in [5.41, 5.74) is 0. The lowest BCUT2D eigenvalue weighted by atomic mass is 10.1. The lowest BCUT2D eigenvalue weighted by molar-refractivity contribution is -0.140. The maximum atomic E-state index is 11.3. The Balaban J connectivity index is 1.73. The molecule has 5 nitrogen and oxygen atoms in total. The van der Waals surface area contributed by atoms with Crippen molar-refractivity contribution in [1.82, 2.24) is 19.7 Å². The fourth-order valence-electron chi connectivity index (χ4n) is 2.19. The number of carbonyl (C=O) groups is 1. The minimum Gasteiger partial charge on any atom is -0.329 e. The predicted octanol–water partition coefficient (Wildman–Crippen LogP) is 0.342. The average Bonchev–Trinajstić information content (AvgIpc) is 2.74. The first-order valence-corrected chi connectivity index (χ1v) is 5.84. The summed E-state index contributed by atoms with van der Waals surface area (Å²) < 4.78 is 1.92. The van der Waals surface area contributed by atoms with E-state index < -0.39 is 0 Å². The number of amides is 1. The number of hydrogen-bond donors (Lipinski definition) is 0. The van der Waals surface area contributed by atoms with Crippen LogP contribution in [0, 0.1) is 0 Å². The molecule has 2 aliphatic heterocycles. The SMILES string of the molecule is CC1(Cn2cncn2)CN2C(=O)CC2S1. The number of β-lactam (4-membered cyclic amide) rings is 1. The lowest BCUT2D eigenvalue weighted by Gasteiger charge is -2.32. The van der Waals surface area contributed by atoms with Crippen LogP contribution in [0.25, 0.3) is 0 Å². The molecule has 3 heterocycles. The Hall–Kier alpha value is -1.04. The molecule has 0 N–H and O–H groups in total. The van der Waals surface area contributed by atoms with Crippen molar-refractivity contribution in [3.8, 4) is 0 Å². The Kier molecular flexibility index (Phi) is 1.83. The summed E-state index contributed by atoms with van der Waals surface area (Å²) in [4.78, 5) is 17.2. The van der Waals surface area contributed by atoms with E-state index in [4.69, 9.17) is 0 Å². The molecular formula is C9H12N4OS. The highest BCUT2D eigenvalue weighted by atomic mass is 32.2. The highest BCUT2D eigenvalue weighted by molar-refractivity contribution is 8.01. The minimum atomic E-state index is 0.0878. The van der Waals surface area contributed by atoms with Gasteiger partial charge in [-0.05, 0) is 6.92 Å². The maximum Gasteiger partial charge on any atom is 0.226 e. The zero-order valence-electron chi connectivity index (χ0n) is 8.46. The van der Waals surface area contributed by atoms with Crippen molar-refractivity contribution in [2.45, 2.75) is 30.0 Å². The molecule has 2 fully saturated rings. The molecule has 15 heavy (non-hydrogen) atoms. The van der Waals surface area contributed by atoms with Crippen LogP contribution in [-0.2, 0) is 11.3 Å². The molecule has 1 amide bonds. The molecule has 0 radical (unpaired) electrons. The number of thioether (sulfide) groups is 1.